The summed E-state index contributed by atoms with van der Waals surface area (Å²) in [5.41, 5.74) is 2.86. The molecule has 6 unspecified atom stereocenters. The van der Waals surface area contributed by atoms with Gasteiger partial charge in [0, 0.05) is 18.0 Å². The molecule has 6 atom stereocenters. The predicted octanol–water partition coefficient (Wildman–Crippen LogP) is 0.779. The summed E-state index contributed by atoms with van der Waals surface area (Å²) in [6, 6.07) is 3.10. The SMILES string of the molecule is O=C(NN1C(=O)C2C3C=CC(C4CC34)C2C1=O)c1ccncc1. The molecule has 6 heteroatoms. The third kappa shape index (κ3) is 1.63. The third-order valence-corrected chi connectivity index (χ3v) is 5.82. The van der Waals surface area contributed by atoms with Gasteiger partial charge in [0.25, 0.3) is 17.7 Å². The van der Waals surface area contributed by atoms with Gasteiger partial charge in [-0.15, -0.1) is 0 Å². The van der Waals surface area contributed by atoms with Crippen LogP contribution in [-0.2, 0) is 9.59 Å². The number of hydrogen-bond acceptors (Lipinski definition) is 4. The quantitative estimate of drug-likeness (QED) is 0.647. The van der Waals surface area contributed by atoms with E-state index in [0.29, 0.717) is 17.4 Å². The molecule has 6 nitrogen and oxygen atoms in total. The van der Waals surface area contributed by atoms with Gasteiger partial charge in [0.2, 0.25) is 0 Å². The van der Waals surface area contributed by atoms with Gasteiger partial charge < -0.3 is 0 Å². The van der Waals surface area contributed by atoms with E-state index in [2.05, 4.69) is 22.6 Å². The van der Waals surface area contributed by atoms with Crippen molar-refractivity contribution in [3.8, 4) is 0 Å². The highest BCUT2D eigenvalue weighted by Gasteiger charge is 2.67. The van der Waals surface area contributed by atoms with Crippen LogP contribution in [0.25, 0.3) is 0 Å². The van der Waals surface area contributed by atoms with Crippen molar-refractivity contribution in [1.82, 2.24) is 15.4 Å². The lowest BCUT2D eigenvalue weighted by atomic mass is 9.63. The first-order valence-electron chi connectivity index (χ1n) is 7.94. The van der Waals surface area contributed by atoms with Crippen LogP contribution in [-0.4, -0.2) is 27.7 Å². The molecule has 1 N–H and O–H groups in total. The first-order chi connectivity index (χ1) is 11.2. The van der Waals surface area contributed by atoms with Crippen LogP contribution >= 0.6 is 0 Å². The van der Waals surface area contributed by atoms with E-state index in [4.69, 9.17) is 0 Å². The number of aromatic nitrogens is 1. The molecule has 1 aromatic heterocycles. The van der Waals surface area contributed by atoms with Gasteiger partial charge in [0.15, 0.2) is 0 Å². The van der Waals surface area contributed by atoms with Gasteiger partial charge in [-0.05, 0) is 42.2 Å². The molecule has 4 aliphatic carbocycles. The molecule has 1 aromatic rings. The number of hydrazine groups is 1. The standard InChI is InChI=1S/C17H15N3O3/c21-15(8-3-5-18-6-4-8)19-20-16(22)13-9-1-2-10(12-7-11(9)12)14(13)17(20)23/h1-6,9-14H,7H2,(H,19,21). The molecule has 6 rings (SSSR count). The van der Waals surface area contributed by atoms with Gasteiger partial charge in [-0.2, -0.15) is 5.01 Å². The normalized spacial score (nSPS) is 39.2. The minimum absolute atomic E-state index is 0.161. The van der Waals surface area contributed by atoms with Gasteiger partial charge in [-0.25, -0.2) is 0 Å². The van der Waals surface area contributed by atoms with Crippen LogP contribution in [0, 0.1) is 35.5 Å². The molecule has 2 bridgehead atoms. The Morgan fingerprint density at radius 2 is 1.61 bits per heavy atom. The number of carbonyl (C=O) groups excluding carboxylic acids is 3. The number of imide groups is 1. The first-order valence-corrected chi connectivity index (χ1v) is 7.94. The molecule has 23 heavy (non-hydrogen) atoms. The summed E-state index contributed by atoms with van der Waals surface area (Å²) in [4.78, 5) is 41.5. The molecule has 0 radical (unpaired) electrons. The minimum Gasteiger partial charge on any atom is -0.272 e. The molecule has 1 saturated heterocycles. The predicted molar refractivity (Wildman–Crippen MR) is 78.3 cm³/mol. The second-order valence-electron chi connectivity index (χ2n) is 6.84. The number of rotatable bonds is 2. The lowest BCUT2D eigenvalue weighted by Gasteiger charge is -2.37. The summed E-state index contributed by atoms with van der Waals surface area (Å²) >= 11 is 0. The minimum atomic E-state index is -0.460. The Morgan fingerprint density at radius 1 is 1.04 bits per heavy atom. The van der Waals surface area contributed by atoms with E-state index in [9.17, 15) is 14.4 Å². The zero-order valence-electron chi connectivity index (χ0n) is 12.3. The van der Waals surface area contributed by atoms with Crippen LogP contribution < -0.4 is 5.43 Å². The zero-order chi connectivity index (χ0) is 15.7. The van der Waals surface area contributed by atoms with E-state index >= 15 is 0 Å². The molecule has 2 heterocycles. The highest BCUT2D eigenvalue weighted by atomic mass is 16.2. The van der Waals surface area contributed by atoms with E-state index < -0.39 is 5.91 Å². The van der Waals surface area contributed by atoms with Gasteiger partial charge in [0.05, 0.1) is 11.8 Å². The Labute approximate surface area is 132 Å². The summed E-state index contributed by atoms with van der Waals surface area (Å²) in [7, 11) is 0. The fourth-order valence-electron chi connectivity index (χ4n) is 4.74. The van der Waals surface area contributed by atoms with E-state index in [0.717, 1.165) is 11.4 Å². The van der Waals surface area contributed by atoms with E-state index in [1.54, 1.807) is 12.1 Å². The maximum atomic E-state index is 12.7. The largest absolute Gasteiger partial charge is 0.272 e. The molecule has 2 saturated carbocycles. The maximum absolute atomic E-state index is 12.7. The first kappa shape index (κ1) is 13.0. The van der Waals surface area contributed by atoms with E-state index in [1.807, 2.05) is 0 Å². The van der Waals surface area contributed by atoms with Gasteiger partial charge in [-0.1, -0.05) is 12.2 Å². The Kier molecular flexibility index (Phi) is 2.42. The highest BCUT2D eigenvalue weighted by Crippen LogP contribution is 2.65. The number of carbonyl (C=O) groups is 3. The summed E-state index contributed by atoms with van der Waals surface area (Å²) < 4.78 is 0. The third-order valence-electron chi connectivity index (χ3n) is 5.82. The molecule has 1 aliphatic heterocycles. The lowest BCUT2D eigenvalue weighted by molar-refractivity contribution is -0.143. The van der Waals surface area contributed by atoms with Gasteiger partial charge >= 0.3 is 0 Å². The van der Waals surface area contributed by atoms with Crippen molar-refractivity contribution in [2.45, 2.75) is 6.42 Å². The maximum Gasteiger partial charge on any atom is 0.270 e. The van der Waals surface area contributed by atoms with Crippen LogP contribution in [0.4, 0.5) is 0 Å². The lowest BCUT2D eigenvalue weighted by Crippen LogP contribution is -2.46. The van der Waals surface area contributed by atoms with Crippen molar-refractivity contribution >= 4 is 17.7 Å². The van der Waals surface area contributed by atoms with Gasteiger partial charge in [0.1, 0.15) is 0 Å². The molecular weight excluding hydrogens is 294 g/mol. The van der Waals surface area contributed by atoms with Crippen LogP contribution in [0.5, 0.6) is 0 Å². The van der Waals surface area contributed by atoms with Crippen molar-refractivity contribution in [1.29, 1.82) is 0 Å². The average molecular weight is 309 g/mol. The van der Waals surface area contributed by atoms with Crippen molar-refractivity contribution in [3.63, 3.8) is 0 Å². The van der Waals surface area contributed by atoms with Crippen LogP contribution in [0.1, 0.15) is 16.8 Å². The van der Waals surface area contributed by atoms with Crippen LogP contribution in [0.15, 0.2) is 36.7 Å². The van der Waals surface area contributed by atoms with Crippen LogP contribution in [0.2, 0.25) is 0 Å². The average Bonchev–Trinajstić information content (AvgIpc) is 3.37. The molecule has 116 valence electrons. The van der Waals surface area contributed by atoms with Crippen molar-refractivity contribution in [2.75, 3.05) is 0 Å². The Balaban J connectivity index is 1.42. The Hall–Kier alpha value is -2.50. The Morgan fingerprint density at radius 3 is 2.17 bits per heavy atom. The van der Waals surface area contributed by atoms with Crippen molar-refractivity contribution < 1.29 is 14.4 Å². The molecule has 0 aromatic carbocycles. The number of hydrogen-bond donors (Lipinski definition) is 1. The summed E-state index contributed by atoms with van der Waals surface area (Å²) in [6.45, 7) is 0. The number of amides is 3. The highest BCUT2D eigenvalue weighted by molar-refractivity contribution is 6.08. The van der Waals surface area contributed by atoms with E-state index in [-0.39, 0.29) is 35.5 Å². The topological polar surface area (TPSA) is 79.4 Å². The Bertz CT molecular complexity index is 724. The summed E-state index contributed by atoms with van der Waals surface area (Å²) in [5, 5.41) is 0.954. The van der Waals surface area contributed by atoms with Gasteiger partial charge in [-0.3, -0.25) is 24.8 Å². The van der Waals surface area contributed by atoms with E-state index in [1.165, 1.54) is 12.4 Å². The molecule has 3 fully saturated rings. The molecule has 0 spiro atoms. The number of nitrogens with one attached hydrogen (secondary N) is 1. The smallest absolute Gasteiger partial charge is 0.270 e. The molecular formula is C17H15N3O3. The molecule has 5 aliphatic rings. The number of nitrogens with zero attached hydrogens (tertiary/aromatic N) is 2. The summed E-state index contributed by atoms with van der Waals surface area (Å²) in [5.74, 6) is -0.128. The monoisotopic (exact) mass is 309 g/mol. The fourth-order valence-corrected chi connectivity index (χ4v) is 4.74. The summed E-state index contributed by atoms with van der Waals surface area (Å²) in [6.07, 6.45) is 8.35. The van der Waals surface area contributed by atoms with Crippen molar-refractivity contribution in [2.24, 2.45) is 35.5 Å². The zero-order valence-corrected chi connectivity index (χ0v) is 12.3. The second kappa shape index (κ2) is 4.28. The van der Waals surface area contributed by atoms with Crippen molar-refractivity contribution in [3.05, 3.63) is 42.2 Å². The fraction of sp³-hybridized carbons (Fsp3) is 0.412. The number of allylic oxidation sites excluding steroid dienone is 2. The van der Waals surface area contributed by atoms with Crippen LogP contribution in [0.3, 0.4) is 0 Å². The second-order valence-corrected chi connectivity index (χ2v) is 6.84. The molecule has 3 amide bonds. The number of pyridine rings is 1.